The molecule has 0 heterocycles. The Bertz CT molecular complexity index is 737. The molecule has 0 radical (unpaired) electrons. The first kappa shape index (κ1) is 19.7. The molecule has 0 aliphatic heterocycles. The number of hydrogen-bond donors (Lipinski definition) is 0. The first-order valence-electron chi connectivity index (χ1n) is 8.91. The normalized spacial score (nSPS) is 11.1. The van der Waals surface area contributed by atoms with Crippen molar-refractivity contribution in [1.82, 2.24) is 0 Å². The Morgan fingerprint density at radius 3 is 1.69 bits per heavy atom. The topological polar surface area (TPSA) is 52.6 Å². The van der Waals surface area contributed by atoms with Crippen molar-refractivity contribution < 1.29 is 19.1 Å². The summed E-state index contributed by atoms with van der Waals surface area (Å²) < 4.78 is 10.6. The minimum atomic E-state index is -0.517. The maximum Gasteiger partial charge on any atom is 0.338 e. The molecule has 138 valence electrons. The van der Waals surface area contributed by atoms with Gasteiger partial charge in [-0.1, -0.05) is 37.6 Å². The van der Waals surface area contributed by atoms with Gasteiger partial charge in [0.05, 0.1) is 17.7 Å². The molecule has 0 aliphatic rings. The largest absolute Gasteiger partial charge is 0.462 e. The van der Waals surface area contributed by atoms with Crippen LogP contribution < -0.4 is 0 Å². The molecule has 0 aromatic heterocycles. The Hall–Kier alpha value is -2.62. The lowest BCUT2D eigenvalue weighted by Crippen LogP contribution is -2.23. The molecule has 0 saturated carbocycles. The van der Waals surface area contributed by atoms with Crippen LogP contribution in [-0.2, 0) is 9.47 Å². The molecule has 0 amide bonds. The molecule has 4 nitrogen and oxygen atoms in total. The molecule has 0 N–H and O–H groups in total. The smallest absolute Gasteiger partial charge is 0.338 e. The molecule has 26 heavy (non-hydrogen) atoms. The van der Waals surface area contributed by atoms with Crippen LogP contribution in [0.1, 0.15) is 61.3 Å². The van der Waals surface area contributed by atoms with Crippen LogP contribution in [0, 0.1) is 0 Å². The summed E-state index contributed by atoms with van der Waals surface area (Å²) in [5, 5.41) is 0. The van der Waals surface area contributed by atoms with Crippen LogP contribution in [0.25, 0.3) is 11.1 Å². The van der Waals surface area contributed by atoms with Gasteiger partial charge in [0.2, 0.25) is 0 Å². The molecule has 4 heteroatoms. The van der Waals surface area contributed by atoms with E-state index in [0.29, 0.717) is 17.7 Å². The third-order valence-corrected chi connectivity index (χ3v) is 3.70. The van der Waals surface area contributed by atoms with Crippen molar-refractivity contribution in [3.8, 4) is 11.1 Å². The first-order valence-corrected chi connectivity index (χ1v) is 8.91. The predicted molar refractivity (Wildman–Crippen MR) is 102 cm³/mol. The number of rotatable bonds is 6. The number of ether oxygens (including phenoxy) is 2. The van der Waals surface area contributed by atoms with Crippen LogP contribution in [0.15, 0.2) is 48.5 Å². The van der Waals surface area contributed by atoms with Gasteiger partial charge in [-0.05, 0) is 62.6 Å². The van der Waals surface area contributed by atoms with Crippen molar-refractivity contribution in [3.05, 3.63) is 59.7 Å². The highest BCUT2D eigenvalue weighted by atomic mass is 16.6. The second-order valence-corrected chi connectivity index (χ2v) is 7.15. The average molecular weight is 354 g/mol. The summed E-state index contributed by atoms with van der Waals surface area (Å²) in [5.41, 5.74) is 2.46. The van der Waals surface area contributed by atoms with Crippen molar-refractivity contribution in [3.63, 3.8) is 0 Å². The molecule has 0 aliphatic carbocycles. The SMILES string of the molecule is CCCCOC(=O)c1ccc(-c2ccc(C(=O)OC(C)(C)C)cc2)cc1. The lowest BCUT2D eigenvalue weighted by atomic mass is 10.0. The molecule has 0 bridgehead atoms. The van der Waals surface area contributed by atoms with E-state index in [1.165, 1.54) is 0 Å². The van der Waals surface area contributed by atoms with E-state index in [2.05, 4.69) is 6.92 Å². The Kier molecular flexibility index (Phi) is 6.56. The predicted octanol–water partition coefficient (Wildman–Crippen LogP) is 5.27. The van der Waals surface area contributed by atoms with Gasteiger partial charge >= 0.3 is 11.9 Å². The highest BCUT2D eigenvalue weighted by Gasteiger charge is 2.17. The molecule has 2 aromatic carbocycles. The van der Waals surface area contributed by atoms with Crippen molar-refractivity contribution in [2.45, 2.75) is 46.1 Å². The van der Waals surface area contributed by atoms with Gasteiger partial charge in [0.15, 0.2) is 0 Å². The monoisotopic (exact) mass is 354 g/mol. The first-order chi connectivity index (χ1) is 12.3. The molecule has 0 atom stereocenters. The minimum absolute atomic E-state index is 0.301. The molecule has 0 fully saturated rings. The summed E-state index contributed by atoms with van der Waals surface area (Å²) in [6.07, 6.45) is 1.86. The number of carbonyl (C=O) groups is 2. The van der Waals surface area contributed by atoms with Gasteiger partial charge in [0, 0.05) is 0 Å². The minimum Gasteiger partial charge on any atom is -0.462 e. The van der Waals surface area contributed by atoms with E-state index in [-0.39, 0.29) is 11.9 Å². The van der Waals surface area contributed by atoms with E-state index >= 15 is 0 Å². The number of benzene rings is 2. The lowest BCUT2D eigenvalue weighted by molar-refractivity contribution is 0.00693. The van der Waals surface area contributed by atoms with Crippen molar-refractivity contribution >= 4 is 11.9 Å². The Morgan fingerprint density at radius 2 is 1.27 bits per heavy atom. The summed E-state index contributed by atoms with van der Waals surface area (Å²) in [6.45, 7) is 8.02. The summed E-state index contributed by atoms with van der Waals surface area (Å²) in [4.78, 5) is 24.0. The molecular formula is C22H26O4. The highest BCUT2D eigenvalue weighted by molar-refractivity contribution is 5.91. The maximum atomic E-state index is 12.1. The Labute approximate surface area is 155 Å². The van der Waals surface area contributed by atoms with Gasteiger partial charge in [0.25, 0.3) is 0 Å². The summed E-state index contributed by atoms with van der Waals surface area (Å²) in [6, 6.07) is 14.5. The fraction of sp³-hybridized carbons (Fsp3) is 0.364. The van der Waals surface area contributed by atoms with Crippen molar-refractivity contribution in [2.75, 3.05) is 6.61 Å². The van der Waals surface area contributed by atoms with E-state index in [0.717, 1.165) is 24.0 Å². The van der Waals surface area contributed by atoms with E-state index in [9.17, 15) is 9.59 Å². The van der Waals surface area contributed by atoms with Crippen molar-refractivity contribution in [1.29, 1.82) is 0 Å². The average Bonchev–Trinajstić information content (AvgIpc) is 2.61. The standard InChI is InChI=1S/C22H26O4/c1-5-6-15-25-20(23)18-11-7-16(8-12-18)17-9-13-19(14-10-17)21(24)26-22(2,3)4/h7-14H,5-6,15H2,1-4H3. The van der Waals surface area contributed by atoms with Gasteiger partial charge in [-0.3, -0.25) is 0 Å². The quantitative estimate of drug-likeness (QED) is 0.524. The van der Waals surface area contributed by atoms with E-state index < -0.39 is 5.60 Å². The molecular weight excluding hydrogens is 328 g/mol. The van der Waals surface area contributed by atoms with E-state index in [1.807, 2.05) is 45.0 Å². The second-order valence-electron chi connectivity index (χ2n) is 7.15. The van der Waals surface area contributed by atoms with Crippen LogP contribution >= 0.6 is 0 Å². The zero-order chi connectivity index (χ0) is 19.2. The van der Waals surface area contributed by atoms with Gasteiger partial charge in [-0.15, -0.1) is 0 Å². The molecule has 0 unspecified atom stereocenters. The zero-order valence-corrected chi connectivity index (χ0v) is 15.9. The van der Waals surface area contributed by atoms with Crippen LogP contribution in [-0.4, -0.2) is 24.1 Å². The van der Waals surface area contributed by atoms with E-state index in [1.54, 1.807) is 24.3 Å². The molecule has 2 aromatic rings. The van der Waals surface area contributed by atoms with Crippen LogP contribution in [0.2, 0.25) is 0 Å². The second kappa shape index (κ2) is 8.65. The van der Waals surface area contributed by atoms with Crippen molar-refractivity contribution in [2.24, 2.45) is 0 Å². The maximum absolute atomic E-state index is 12.1. The third-order valence-electron chi connectivity index (χ3n) is 3.70. The fourth-order valence-corrected chi connectivity index (χ4v) is 2.33. The summed E-state index contributed by atoms with van der Waals surface area (Å²) in [5.74, 6) is -0.639. The number of unbranched alkanes of at least 4 members (excludes halogenated alkanes) is 1. The third kappa shape index (κ3) is 5.73. The van der Waals surface area contributed by atoms with Gasteiger partial charge in [0.1, 0.15) is 5.60 Å². The molecule has 2 rings (SSSR count). The molecule has 0 spiro atoms. The highest BCUT2D eigenvalue weighted by Crippen LogP contribution is 2.22. The van der Waals surface area contributed by atoms with Gasteiger partial charge < -0.3 is 9.47 Å². The zero-order valence-electron chi connectivity index (χ0n) is 15.9. The van der Waals surface area contributed by atoms with Crippen LogP contribution in [0.5, 0.6) is 0 Å². The summed E-state index contributed by atoms with van der Waals surface area (Å²) in [7, 11) is 0. The van der Waals surface area contributed by atoms with Crippen LogP contribution in [0.4, 0.5) is 0 Å². The summed E-state index contributed by atoms with van der Waals surface area (Å²) >= 11 is 0. The van der Waals surface area contributed by atoms with Gasteiger partial charge in [-0.2, -0.15) is 0 Å². The fourth-order valence-electron chi connectivity index (χ4n) is 2.33. The number of esters is 2. The van der Waals surface area contributed by atoms with Gasteiger partial charge in [-0.25, -0.2) is 9.59 Å². The Morgan fingerprint density at radius 1 is 0.808 bits per heavy atom. The lowest BCUT2D eigenvalue weighted by Gasteiger charge is -2.19. The molecule has 0 saturated heterocycles. The Balaban J connectivity index is 2.05. The number of hydrogen-bond acceptors (Lipinski definition) is 4. The number of carbonyl (C=O) groups excluding carboxylic acids is 2. The van der Waals surface area contributed by atoms with E-state index in [4.69, 9.17) is 9.47 Å². The van der Waals surface area contributed by atoms with Crippen LogP contribution in [0.3, 0.4) is 0 Å².